The van der Waals surface area contributed by atoms with Crippen molar-refractivity contribution in [1.82, 2.24) is 9.97 Å². The van der Waals surface area contributed by atoms with Gasteiger partial charge in [-0.05, 0) is 36.8 Å². The number of aliphatic hydroxyl groups is 1. The predicted molar refractivity (Wildman–Crippen MR) is 95.5 cm³/mol. The minimum absolute atomic E-state index is 0.0724. The van der Waals surface area contributed by atoms with Gasteiger partial charge in [0, 0.05) is 24.0 Å². The van der Waals surface area contributed by atoms with E-state index in [0.717, 1.165) is 30.4 Å². The van der Waals surface area contributed by atoms with Gasteiger partial charge in [0.25, 0.3) is 0 Å². The standard InChI is InChI=1S/C20H23N3O/c1-20(2)12-17(10-11-18(20)24)23-19-21-13-16(14-22-19)9-8-15-6-4-3-5-7-15/h3-7,13-14,17-18,24H,10-12H2,1-2H3,(H,21,22,23)/t17-,18-/m0/s1. The third-order valence-electron chi connectivity index (χ3n) is 4.57. The molecule has 1 saturated carbocycles. The molecule has 0 aliphatic heterocycles. The first-order valence-electron chi connectivity index (χ1n) is 8.37. The third kappa shape index (κ3) is 4.12. The Labute approximate surface area is 143 Å². The van der Waals surface area contributed by atoms with Crippen LogP contribution in [0.5, 0.6) is 0 Å². The molecule has 1 aromatic carbocycles. The van der Waals surface area contributed by atoms with Crippen LogP contribution in [0.15, 0.2) is 42.7 Å². The van der Waals surface area contributed by atoms with Gasteiger partial charge in [0.2, 0.25) is 5.95 Å². The molecule has 4 heteroatoms. The third-order valence-corrected chi connectivity index (χ3v) is 4.57. The van der Waals surface area contributed by atoms with E-state index in [9.17, 15) is 5.11 Å². The average molecular weight is 321 g/mol. The van der Waals surface area contributed by atoms with E-state index in [1.807, 2.05) is 30.3 Å². The quantitative estimate of drug-likeness (QED) is 0.834. The monoisotopic (exact) mass is 321 g/mol. The lowest BCUT2D eigenvalue weighted by molar-refractivity contribution is 0.00922. The number of anilines is 1. The molecule has 0 bridgehead atoms. The highest BCUT2D eigenvalue weighted by Gasteiger charge is 2.35. The molecule has 4 nitrogen and oxygen atoms in total. The van der Waals surface area contributed by atoms with Gasteiger partial charge in [-0.3, -0.25) is 0 Å². The molecular formula is C20H23N3O. The van der Waals surface area contributed by atoms with Crippen molar-refractivity contribution in [3.05, 3.63) is 53.9 Å². The van der Waals surface area contributed by atoms with Crippen molar-refractivity contribution in [1.29, 1.82) is 0 Å². The first-order chi connectivity index (χ1) is 11.5. The summed E-state index contributed by atoms with van der Waals surface area (Å²) in [6.45, 7) is 4.21. The smallest absolute Gasteiger partial charge is 0.222 e. The normalized spacial score (nSPS) is 22.3. The topological polar surface area (TPSA) is 58.0 Å². The number of hydrogen-bond donors (Lipinski definition) is 2. The fourth-order valence-corrected chi connectivity index (χ4v) is 3.06. The Kier molecular flexibility index (Phi) is 4.82. The van der Waals surface area contributed by atoms with Crippen LogP contribution in [0.4, 0.5) is 5.95 Å². The van der Waals surface area contributed by atoms with E-state index in [2.05, 4.69) is 41.0 Å². The second-order valence-corrected chi connectivity index (χ2v) is 7.04. The highest BCUT2D eigenvalue weighted by atomic mass is 16.3. The fourth-order valence-electron chi connectivity index (χ4n) is 3.06. The number of nitrogens with one attached hydrogen (secondary N) is 1. The zero-order valence-electron chi connectivity index (χ0n) is 14.2. The van der Waals surface area contributed by atoms with E-state index in [4.69, 9.17) is 0 Å². The molecule has 2 atom stereocenters. The maximum absolute atomic E-state index is 10.0. The van der Waals surface area contributed by atoms with Crippen LogP contribution < -0.4 is 5.32 Å². The second kappa shape index (κ2) is 7.02. The van der Waals surface area contributed by atoms with E-state index in [1.165, 1.54) is 0 Å². The summed E-state index contributed by atoms with van der Waals surface area (Å²) in [7, 11) is 0. The van der Waals surface area contributed by atoms with Crippen LogP contribution in [0.3, 0.4) is 0 Å². The van der Waals surface area contributed by atoms with Crippen molar-refractivity contribution in [2.45, 2.75) is 45.3 Å². The van der Waals surface area contributed by atoms with Gasteiger partial charge in [0.15, 0.2) is 0 Å². The molecule has 1 aliphatic carbocycles. The van der Waals surface area contributed by atoms with Gasteiger partial charge in [-0.1, -0.05) is 43.9 Å². The highest BCUT2D eigenvalue weighted by molar-refractivity contribution is 5.42. The summed E-state index contributed by atoms with van der Waals surface area (Å²) in [6.07, 6.45) is 5.91. The lowest BCUT2D eigenvalue weighted by atomic mass is 9.73. The van der Waals surface area contributed by atoms with E-state index in [-0.39, 0.29) is 11.5 Å². The predicted octanol–water partition coefficient (Wildman–Crippen LogP) is 3.23. The molecule has 0 radical (unpaired) electrons. The number of rotatable bonds is 2. The SMILES string of the molecule is CC1(C)C[C@@H](Nc2ncc(C#Cc3ccccc3)cn2)CC[C@@H]1O. The molecule has 2 aromatic rings. The van der Waals surface area contributed by atoms with Crippen LogP contribution in [0.1, 0.15) is 44.2 Å². The Bertz CT molecular complexity index is 729. The van der Waals surface area contributed by atoms with Gasteiger partial charge in [-0.15, -0.1) is 0 Å². The van der Waals surface area contributed by atoms with Crippen LogP contribution in [-0.2, 0) is 0 Å². The Morgan fingerprint density at radius 3 is 2.38 bits per heavy atom. The fraction of sp³-hybridized carbons (Fsp3) is 0.400. The number of hydrogen-bond acceptors (Lipinski definition) is 4. The van der Waals surface area contributed by atoms with Crippen molar-refractivity contribution >= 4 is 5.95 Å². The Hall–Kier alpha value is -2.38. The van der Waals surface area contributed by atoms with Gasteiger partial charge in [-0.25, -0.2) is 9.97 Å². The van der Waals surface area contributed by atoms with Crippen molar-refractivity contribution in [2.75, 3.05) is 5.32 Å². The molecule has 1 heterocycles. The van der Waals surface area contributed by atoms with Gasteiger partial charge >= 0.3 is 0 Å². The van der Waals surface area contributed by atoms with Crippen LogP contribution in [0.2, 0.25) is 0 Å². The molecule has 0 saturated heterocycles. The highest BCUT2D eigenvalue weighted by Crippen LogP contribution is 2.36. The summed E-state index contributed by atoms with van der Waals surface area (Å²) in [6, 6.07) is 10.2. The van der Waals surface area contributed by atoms with Crippen LogP contribution in [0.25, 0.3) is 0 Å². The first kappa shape index (κ1) is 16.5. The van der Waals surface area contributed by atoms with Crippen molar-refractivity contribution in [3.63, 3.8) is 0 Å². The zero-order valence-corrected chi connectivity index (χ0v) is 14.2. The van der Waals surface area contributed by atoms with Crippen LogP contribution >= 0.6 is 0 Å². The summed E-state index contributed by atoms with van der Waals surface area (Å²) < 4.78 is 0. The zero-order chi connectivity index (χ0) is 17.0. The Morgan fingerprint density at radius 2 is 1.71 bits per heavy atom. The minimum Gasteiger partial charge on any atom is -0.393 e. The summed E-state index contributed by atoms with van der Waals surface area (Å²) in [4.78, 5) is 8.73. The molecule has 0 unspecified atom stereocenters. The van der Waals surface area contributed by atoms with Crippen molar-refractivity contribution in [2.24, 2.45) is 5.41 Å². The van der Waals surface area contributed by atoms with Crippen LogP contribution in [0, 0.1) is 17.3 Å². The molecular weight excluding hydrogens is 298 g/mol. The van der Waals surface area contributed by atoms with Gasteiger partial charge in [0.05, 0.1) is 11.7 Å². The van der Waals surface area contributed by atoms with Crippen LogP contribution in [-0.4, -0.2) is 27.2 Å². The number of aliphatic hydroxyl groups excluding tert-OH is 1. The maximum atomic E-state index is 10.0. The second-order valence-electron chi connectivity index (χ2n) is 7.04. The van der Waals surface area contributed by atoms with Gasteiger partial charge in [-0.2, -0.15) is 0 Å². The average Bonchev–Trinajstić information content (AvgIpc) is 2.58. The summed E-state index contributed by atoms with van der Waals surface area (Å²) in [5, 5.41) is 13.4. The Balaban J connectivity index is 1.62. The van der Waals surface area contributed by atoms with Crippen molar-refractivity contribution < 1.29 is 5.11 Å². The molecule has 124 valence electrons. The first-order valence-corrected chi connectivity index (χ1v) is 8.37. The molecule has 2 N–H and O–H groups in total. The lowest BCUT2D eigenvalue weighted by Gasteiger charge is -2.39. The number of aromatic nitrogens is 2. The van der Waals surface area contributed by atoms with E-state index >= 15 is 0 Å². The maximum Gasteiger partial charge on any atom is 0.222 e. The van der Waals surface area contributed by atoms with Gasteiger partial charge in [0.1, 0.15) is 0 Å². The Morgan fingerprint density at radius 1 is 1.04 bits per heavy atom. The molecule has 3 rings (SSSR count). The van der Waals surface area contributed by atoms with Gasteiger partial charge < -0.3 is 10.4 Å². The number of benzene rings is 1. The summed E-state index contributed by atoms with van der Waals surface area (Å²) in [5.74, 6) is 6.80. The minimum atomic E-state index is -0.230. The molecule has 24 heavy (non-hydrogen) atoms. The molecule has 1 aliphatic rings. The molecule has 1 fully saturated rings. The summed E-state index contributed by atoms with van der Waals surface area (Å²) >= 11 is 0. The largest absolute Gasteiger partial charge is 0.393 e. The lowest BCUT2D eigenvalue weighted by Crippen LogP contribution is -2.41. The molecule has 0 spiro atoms. The van der Waals surface area contributed by atoms with E-state index in [0.29, 0.717) is 12.0 Å². The van der Waals surface area contributed by atoms with Crippen molar-refractivity contribution in [3.8, 4) is 11.8 Å². The van der Waals surface area contributed by atoms with E-state index < -0.39 is 0 Å². The summed E-state index contributed by atoms with van der Waals surface area (Å²) in [5.41, 5.74) is 1.70. The molecule has 1 aromatic heterocycles. The molecule has 0 amide bonds. The van der Waals surface area contributed by atoms with E-state index in [1.54, 1.807) is 12.4 Å². The number of nitrogens with zero attached hydrogens (tertiary/aromatic N) is 2.